The fourth-order valence-corrected chi connectivity index (χ4v) is 15.8. The van der Waals surface area contributed by atoms with Gasteiger partial charge in [0.05, 0.1) is 48.6 Å². The molecule has 0 saturated carbocycles. The first kappa shape index (κ1) is 57.3. The number of morpholine rings is 1. The van der Waals surface area contributed by atoms with Crippen molar-refractivity contribution in [2.75, 3.05) is 115 Å². The van der Waals surface area contributed by atoms with Crippen LogP contribution >= 0.6 is 66.7 Å². The van der Waals surface area contributed by atoms with Crippen LogP contribution in [-0.4, -0.2) is 163 Å². The number of anilines is 2. The van der Waals surface area contributed by atoms with E-state index in [4.69, 9.17) is 48.4 Å². The Labute approximate surface area is 480 Å². The average Bonchev–Trinajstić information content (AvgIpc) is 4.12. The zero-order valence-electron chi connectivity index (χ0n) is 42.1. The summed E-state index contributed by atoms with van der Waals surface area (Å²) in [5.74, 6) is 0.548. The molecular weight excluding hydrogens is 1220 g/mol. The summed E-state index contributed by atoms with van der Waals surface area (Å²) in [4.78, 5) is 45.5. The van der Waals surface area contributed by atoms with E-state index >= 15 is 0 Å². The van der Waals surface area contributed by atoms with E-state index in [2.05, 4.69) is 41.7 Å². The highest BCUT2D eigenvalue weighted by Gasteiger charge is 2.34. The Morgan fingerprint density at radius 3 is 1.36 bits per heavy atom. The maximum atomic E-state index is 13.2. The molecule has 77 heavy (non-hydrogen) atoms. The van der Waals surface area contributed by atoms with Crippen molar-refractivity contribution in [1.82, 2.24) is 23.3 Å². The van der Waals surface area contributed by atoms with Gasteiger partial charge in [0.2, 0.25) is 26.5 Å². The van der Waals surface area contributed by atoms with E-state index in [-0.39, 0.29) is 36.7 Å². The molecule has 7 heterocycles. The number of ether oxygens (including phenoxy) is 1. The lowest BCUT2D eigenvalue weighted by atomic mass is 10.1. The minimum absolute atomic E-state index is 0.0521. The fourth-order valence-electron chi connectivity index (χ4n) is 10.0. The highest BCUT2D eigenvalue weighted by atomic mass is 79.9. The predicted molar refractivity (Wildman–Crippen MR) is 306 cm³/mol. The summed E-state index contributed by atoms with van der Waals surface area (Å²) in [5, 5.41) is 2.11. The van der Waals surface area contributed by atoms with Gasteiger partial charge >= 0.3 is 0 Å². The van der Waals surface area contributed by atoms with Crippen LogP contribution in [0.5, 0.6) is 0 Å². The van der Waals surface area contributed by atoms with Crippen molar-refractivity contribution >= 4 is 138 Å². The number of amides is 3. The van der Waals surface area contributed by atoms with E-state index in [0.29, 0.717) is 88.3 Å². The Morgan fingerprint density at radius 2 is 0.935 bits per heavy atom. The minimum Gasteiger partial charge on any atom is -0.451 e. The van der Waals surface area contributed by atoms with Gasteiger partial charge < -0.3 is 38.1 Å². The molecule has 3 amide bonds. The highest BCUT2D eigenvalue weighted by Crippen LogP contribution is 2.40. The third kappa shape index (κ3) is 12.8. The Bertz CT molecular complexity index is 3310. The number of piperazine rings is 2. The number of benzene rings is 4. The predicted octanol–water partition coefficient (Wildman–Crippen LogP) is 10.1. The average molecular weight is 1280 g/mol. The molecule has 4 aromatic carbocycles. The smallest absolute Gasteiger partial charge is 0.289 e. The number of halogens is 5. The number of hydrogen-bond donors (Lipinski definition) is 0. The molecule has 412 valence electrons. The van der Waals surface area contributed by atoms with Crippen LogP contribution in [0.15, 0.2) is 106 Å². The summed E-state index contributed by atoms with van der Waals surface area (Å²) < 4.78 is 73.8. The lowest BCUT2D eigenvalue weighted by molar-refractivity contribution is -0.121. The van der Waals surface area contributed by atoms with Crippen LogP contribution in [0.1, 0.15) is 59.6 Å². The number of nitrogens with zero attached hydrogens (tertiary/aromatic N) is 7. The molecule has 5 aliphatic heterocycles. The Balaban J connectivity index is 0.000000164. The molecule has 5 saturated heterocycles. The van der Waals surface area contributed by atoms with Gasteiger partial charge in [-0.3, -0.25) is 14.4 Å². The Morgan fingerprint density at radius 1 is 0.506 bits per heavy atom. The summed E-state index contributed by atoms with van der Waals surface area (Å²) in [7, 11) is -7.47. The Kier molecular flexibility index (Phi) is 18.9. The normalized spacial score (nSPS) is 18.2. The van der Waals surface area contributed by atoms with E-state index in [1.54, 1.807) is 41.3 Å². The molecule has 0 aliphatic carbocycles. The summed E-state index contributed by atoms with van der Waals surface area (Å²) in [6, 6.07) is 22.4. The number of carbonyl (C=O) groups excluding carboxylic acids is 3. The van der Waals surface area contributed by atoms with Crippen LogP contribution < -0.4 is 9.80 Å². The molecule has 17 nitrogen and oxygen atoms in total. The van der Waals surface area contributed by atoms with Gasteiger partial charge in [-0.2, -0.15) is 8.61 Å². The molecule has 5 aliphatic rings. The summed E-state index contributed by atoms with van der Waals surface area (Å²) in [6.07, 6.45) is 7.26. The summed E-state index contributed by atoms with van der Waals surface area (Å²) >= 11 is 25.9. The third-order valence-corrected chi connectivity index (χ3v) is 21.2. The molecule has 5 fully saturated rings. The molecule has 2 aromatic heterocycles. The lowest BCUT2D eigenvalue weighted by Crippen LogP contribution is -2.48. The number of piperidine rings is 2. The summed E-state index contributed by atoms with van der Waals surface area (Å²) in [5.41, 5.74) is 3.15. The van der Waals surface area contributed by atoms with Crippen molar-refractivity contribution < 1.29 is 44.8 Å². The first-order valence-corrected chi connectivity index (χ1v) is 31.2. The lowest BCUT2D eigenvalue weighted by Gasteiger charge is -2.36. The fraction of sp³-hybridized carbons (Fsp3) is 0.415. The molecular formula is C53H58Br2Cl3N7O10S2. The van der Waals surface area contributed by atoms with Crippen molar-refractivity contribution in [2.45, 2.75) is 48.3 Å². The number of fused-ring (bicyclic) bond motifs is 2. The number of rotatable bonds is 9. The second kappa shape index (κ2) is 25.4. The quantitative estimate of drug-likeness (QED) is 0.125. The molecule has 11 rings (SSSR count). The number of hydrogen-bond acceptors (Lipinski definition) is 12. The zero-order chi connectivity index (χ0) is 54.4. The number of furan rings is 2. The Hall–Kier alpha value is -4.42. The minimum atomic E-state index is -3.82. The monoisotopic (exact) mass is 1280 g/mol. The summed E-state index contributed by atoms with van der Waals surface area (Å²) in [6.45, 7) is 9.27. The SMILES string of the molecule is O=C(c1cc2c(Br)c(N3CCN(S(=O)(=O)c4c(Cl)cccc4Cl)CC3)ccc2o1)N1CCCCC1.O=C(c1cc2c(Br)c(N3CCN(S(=O)(=O)c4ccccc4Cl)CC3)ccc2o1)N1CCCCC1.O=CN1CCOCC1. The second-order valence-corrected chi connectivity index (χ2v) is 25.7. The van der Waals surface area contributed by atoms with Crippen molar-refractivity contribution in [2.24, 2.45) is 0 Å². The van der Waals surface area contributed by atoms with Gasteiger partial charge in [0, 0.05) is 102 Å². The molecule has 0 bridgehead atoms. The largest absolute Gasteiger partial charge is 0.451 e. The van der Waals surface area contributed by atoms with Gasteiger partial charge in [-0.05, 0) is 131 Å². The standard InChI is InChI=1S/C24H24BrCl2N3O4S.C24H25BrClN3O4S.C5H9NO2/c25-22-16-15-21(24(31)29-9-2-1-3-10-29)34-20(16)8-7-19(22)28-11-13-30(14-12-28)35(32,33)23-17(26)5-4-6-18(23)27;25-23-17-16-21(24(30)28-10-4-1-5-11-28)33-20(17)9-8-19(23)27-12-14-29(15-13-27)34(31,32)22-7-3-2-6-18(22)26;7-5-6-1-3-8-4-2-6/h4-8,15H,1-3,9-14H2;2-3,6-9,16H,1,4-5,10-15H2;5H,1-4H2. The molecule has 0 radical (unpaired) electrons. The van der Waals surface area contributed by atoms with Gasteiger partial charge in [-0.15, -0.1) is 0 Å². The van der Waals surface area contributed by atoms with Crippen LogP contribution in [0.2, 0.25) is 15.1 Å². The van der Waals surface area contributed by atoms with Crippen LogP contribution in [0, 0.1) is 0 Å². The van der Waals surface area contributed by atoms with E-state index in [1.165, 1.54) is 26.8 Å². The van der Waals surface area contributed by atoms with E-state index in [0.717, 1.165) is 115 Å². The maximum Gasteiger partial charge on any atom is 0.289 e. The van der Waals surface area contributed by atoms with Gasteiger partial charge in [0.15, 0.2) is 11.5 Å². The van der Waals surface area contributed by atoms with Gasteiger partial charge in [0.25, 0.3) is 11.8 Å². The first-order valence-electron chi connectivity index (χ1n) is 25.6. The van der Waals surface area contributed by atoms with Gasteiger partial charge in [-0.1, -0.05) is 53.0 Å². The molecule has 24 heteroatoms. The van der Waals surface area contributed by atoms with Gasteiger partial charge in [-0.25, -0.2) is 16.8 Å². The van der Waals surface area contributed by atoms with Crippen LogP contribution in [0.25, 0.3) is 21.9 Å². The maximum absolute atomic E-state index is 13.2. The number of carbonyl (C=O) groups is 3. The number of sulfonamides is 2. The van der Waals surface area contributed by atoms with Crippen molar-refractivity contribution in [3.8, 4) is 0 Å². The van der Waals surface area contributed by atoms with Crippen LogP contribution in [-0.2, 0) is 29.6 Å². The van der Waals surface area contributed by atoms with Crippen molar-refractivity contribution in [3.63, 3.8) is 0 Å². The first-order chi connectivity index (χ1) is 37.1. The van der Waals surface area contributed by atoms with Crippen molar-refractivity contribution in [1.29, 1.82) is 0 Å². The molecule has 6 aromatic rings. The van der Waals surface area contributed by atoms with Crippen molar-refractivity contribution in [3.05, 3.63) is 114 Å². The van der Waals surface area contributed by atoms with E-state index in [9.17, 15) is 31.2 Å². The second-order valence-electron chi connectivity index (χ2n) is 19.1. The van der Waals surface area contributed by atoms with Crippen LogP contribution in [0.3, 0.4) is 0 Å². The van der Waals surface area contributed by atoms with E-state index in [1.807, 2.05) is 34.1 Å². The topological polar surface area (TPSA) is 178 Å². The highest BCUT2D eigenvalue weighted by molar-refractivity contribution is 9.11. The molecule has 0 N–H and O–H groups in total. The molecule has 0 spiro atoms. The third-order valence-electron chi connectivity index (χ3n) is 14.3. The molecule has 0 unspecified atom stereocenters. The van der Waals surface area contributed by atoms with Crippen LogP contribution in [0.4, 0.5) is 11.4 Å². The molecule has 0 atom stereocenters. The van der Waals surface area contributed by atoms with E-state index < -0.39 is 20.0 Å². The van der Waals surface area contributed by atoms with Gasteiger partial charge in [0.1, 0.15) is 21.0 Å². The zero-order valence-corrected chi connectivity index (χ0v) is 49.1. The number of likely N-dealkylation sites (tertiary alicyclic amines) is 2.